The van der Waals surface area contributed by atoms with Crippen LogP contribution >= 0.6 is 0 Å². The molecule has 0 aliphatic carbocycles. The minimum Gasteiger partial charge on any atom is -0.207 e. The molecule has 0 aliphatic heterocycles. The zero-order valence-electron chi connectivity index (χ0n) is 33.8. The molecule has 0 N–H and O–H groups in total. The van der Waals surface area contributed by atoms with E-state index in [-0.39, 0.29) is 11.6 Å². The summed E-state index contributed by atoms with van der Waals surface area (Å²) in [5.41, 5.74) is 8.74. The summed E-state index contributed by atoms with van der Waals surface area (Å²) in [5, 5.41) is 14.9. The van der Waals surface area contributed by atoms with E-state index >= 15 is 0 Å². The van der Waals surface area contributed by atoms with Crippen molar-refractivity contribution in [3.63, 3.8) is 0 Å². The summed E-state index contributed by atoms with van der Waals surface area (Å²) < 4.78 is 29.0. The molecule has 0 aliphatic rings. The lowest BCUT2D eigenvalue weighted by Crippen LogP contribution is -2.38. The highest BCUT2D eigenvalue weighted by molar-refractivity contribution is 6.91. The number of halogens is 2. The smallest absolute Gasteiger partial charge is 0.123 e. The third-order valence-corrected chi connectivity index (χ3v) is 16.4. The van der Waals surface area contributed by atoms with Gasteiger partial charge in [0, 0.05) is 0 Å². The molecule has 282 valence electrons. The molecule has 0 bridgehead atoms. The molecule has 0 aromatic heterocycles. The molecule has 10 aromatic rings. The largest absolute Gasteiger partial charge is 0.207 e. The molecule has 0 heterocycles. The number of hydrogen-bond acceptors (Lipinski definition) is 0. The summed E-state index contributed by atoms with van der Waals surface area (Å²) in [6.45, 7) is 14.5. The predicted octanol–water partition coefficient (Wildman–Crippen LogP) is 14.9. The van der Waals surface area contributed by atoms with Gasteiger partial charge in [-0.25, -0.2) is 8.78 Å². The fourth-order valence-electron chi connectivity index (χ4n) is 9.55. The minimum absolute atomic E-state index is 0.254. The topological polar surface area (TPSA) is 0 Å². The zero-order valence-corrected chi connectivity index (χ0v) is 35.8. The van der Waals surface area contributed by atoms with E-state index in [4.69, 9.17) is 0 Å². The summed E-state index contributed by atoms with van der Waals surface area (Å²) in [7, 11) is -3.34. The van der Waals surface area contributed by atoms with Crippen molar-refractivity contribution in [2.24, 2.45) is 0 Å². The Labute approximate surface area is 340 Å². The van der Waals surface area contributed by atoms with Crippen LogP contribution < -0.4 is 10.4 Å². The molecule has 0 radical (unpaired) electrons. The van der Waals surface area contributed by atoms with Gasteiger partial charge in [0.1, 0.15) is 11.6 Å². The highest BCUT2D eigenvalue weighted by Crippen LogP contribution is 2.49. The number of fused-ring (bicyclic) bond motifs is 2. The van der Waals surface area contributed by atoms with Crippen molar-refractivity contribution in [3.05, 3.63) is 169 Å². The summed E-state index contributed by atoms with van der Waals surface area (Å²) in [4.78, 5) is 0. The van der Waals surface area contributed by atoms with Crippen molar-refractivity contribution in [2.75, 3.05) is 0 Å². The average Bonchev–Trinajstić information content (AvgIpc) is 3.21. The first-order valence-corrected chi connectivity index (χ1v) is 27.2. The van der Waals surface area contributed by atoms with Crippen molar-refractivity contribution in [3.8, 4) is 44.5 Å². The molecule has 0 unspecified atom stereocenters. The van der Waals surface area contributed by atoms with E-state index in [0.717, 1.165) is 44.2 Å². The fraction of sp³-hybridized carbons (Fsp3) is 0.111. The van der Waals surface area contributed by atoms with Crippen LogP contribution in [0.5, 0.6) is 0 Å². The third kappa shape index (κ3) is 5.80. The van der Waals surface area contributed by atoms with Gasteiger partial charge in [-0.15, -0.1) is 0 Å². The van der Waals surface area contributed by atoms with Gasteiger partial charge >= 0.3 is 0 Å². The first-order chi connectivity index (χ1) is 27.9. The van der Waals surface area contributed by atoms with Gasteiger partial charge in [0.2, 0.25) is 0 Å². The van der Waals surface area contributed by atoms with Crippen molar-refractivity contribution in [1.29, 1.82) is 0 Å². The first kappa shape index (κ1) is 36.4. The van der Waals surface area contributed by atoms with Gasteiger partial charge in [-0.1, -0.05) is 171 Å². The molecule has 0 nitrogen and oxygen atoms in total. The van der Waals surface area contributed by atoms with Gasteiger partial charge in [0.05, 0.1) is 16.1 Å². The second-order valence-electron chi connectivity index (χ2n) is 17.9. The van der Waals surface area contributed by atoms with Crippen molar-refractivity contribution in [2.45, 2.75) is 39.3 Å². The second kappa shape index (κ2) is 13.3. The van der Waals surface area contributed by atoms with Gasteiger partial charge in [-0.2, -0.15) is 0 Å². The van der Waals surface area contributed by atoms with Gasteiger partial charge in [-0.3, -0.25) is 0 Å². The highest BCUT2D eigenvalue weighted by atomic mass is 28.3. The Kier molecular flexibility index (Phi) is 8.35. The Hall–Kier alpha value is -5.95. The highest BCUT2D eigenvalue weighted by Gasteiger charge is 2.26. The lowest BCUT2D eigenvalue weighted by molar-refractivity contribution is 0.627. The van der Waals surface area contributed by atoms with E-state index < -0.39 is 16.1 Å². The molecular formula is C54H44F2Si2. The third-order valence-electron chi connectivity index (χ3n) is 12.3. The summed E-state index contributed by atoms with van der Waals surface area (Å²) >= 11 is 0. The summed E-state index contributed by atoms with van der Waals surface area (Å²) in [5.74, 6) is -0.508. The van der Waals surface area contributed by atoms with Crippen LogP contribution in [-0.2, 0) is 0 Å². The summed E-state index contributed by atoms with van der Waals surface area (Å²) in [6, 6.07) is 54.7. The lowest BCUT2D eigenvalue weighted by atomic mass is 9.81. The molecule has 0 spiro atoms. The lowest BCUT2D eigenvalue weighted by Gasteiger charge is -2.24. The summed E-state index contributed by atoms with van der Waals surface area (Å²) in [6.07, 6.45) is 0. The Morgan fingerprint density at radius 1 is 0.293 bits per heavy atom. The van der Waals surface area contributed by atoms with E-state index in [1.807, 2.05) is 24.3 Å². The minimum atomic E-state index is -1.67. The molecule has 10 aromatic carbocycles. The second-order valence-corrected chi connectivity index (χ2v) is 28.0. The van der Waals surface area contributed by atoms with Crippen LogP contribution in [0.3, 0.4) is 0 Å². The molecular weight excluding hydrogens is 743 g/mol. The molecule has 10 rings (SSSR count). The van der Waals surface area contributed by atoms with E-state index in [2.05, 4.69) is 148 Å². The van der Waals surface area contributed by atoms with Gasteiger partial charge in [0.15, 0.2) is 0 Å². The fourth-order valence-corrected chi connectivity index (χ4v) is 12.8. The van der Waals surface area contributed by atoms with Crippen LogP contribution in [0.25, 0.3) is 98.4 Å². The van der Waals surface area contributed by atoms with Crippen molar-refractivity contribution in [1.82, 2.24) is 0 Å². The SMILES string of the molecule is C[Si](C)(C)c1ccc(-c2cc(-c3ccc(F)cc3)c3ccc4c(-c5ccc([Si](C)(C)C)c6ccccc56)cc(-c5ccc(F)cc5)c5ccc2c3c54)c2ccccc12. The maximum Gasteiger partial charge on any atom is 0.123 e. The standard InChI is InChI=1S/C54H44F2Si2/c1-57(2,3)51-29-27-39(37-11-7-9-13-41(37)51)49-31-47(33-15-19-35(55)20-16-33)43-24-26-46-50(40-28-30-52(58(4,5)6)42-14-10-8-12-38(40)42)32-48(34-17-21-36(56)22-18-34)44-23-25-45(49)53(43)54(44)46/h7-32H,1-6H3. The average molecular weight is 787 g/mol. The molecule has 0 saturated heterocycles. The maximum atomic E-state index is 14.5. The van der Waals surface area contributed by atoms with E-state index in [0.29, 0.717) is 0 Å². The molecule has 4 heteroatoms. The number of benzene rings is 10. The van der Waals surface area contributed by atoms with Crippen LogP contribution in [0.1, 0.15) is 0 Å². The molecule has 0 fully saturated rings. The molecule has 58 heavy (non-hydrogen) atoms. The normalized spacial score (nSPS) is 12.5. The van der Waals surface area contributed by atoms with Crippen molar-refractivity contribution >= 4 is 80.4 Å². The van der Waals surface area contributed by atoms with Crippen LogP contribution in [0.15, 0.2) is 158 Å². The Balaban J connectivity index is 1.39. The van der Waals surface area contributed by atoms with Gasteiger partial charge < -0.3 is 0 Å². The van der Waals surface area contributed by atoms with E-state index in [1.165, 1.54) is 64.6 Å². The monoisotopic (exact) mass is 786 g/mol. The number of hydrogen-bond donors (Lipinski definition) is 0. The quantitative estimate of drug-likeness (QED) is 0.116. The van der Waals surface area contributed by atoms with Gasteiger partial charge in [0.25, 0.3) is 0 Å². The van der Waals surface area contributed by atoms with Gasteiger partial charge in [-0.05, 0) is 135 Å². The van der Waals surface area contributed by atoms with E-state index in [1.54, 1.807) is 24.3 Å². The number of rotatable bonds is 6. The zero-order chi connectivity index (χ0) is 40.1. The van der Waals surface area contributed by atoms with Crippen LogP contribution in [0.4, 0.5) is 8.78 Å². The van der Waals surface area contributed by atoms with Crippen LogP contribution in [0, 0.1) is 11.6 Å². The van der Waals surface area contributed by atoms with Crippen LogP contribution in [0.2, 0.25) is 39.3 Å². The van der Waals surface area contributed by atoms with E-state index in [9.17, 15) is 8.78 Å². The maximum absolute atomic E-state index is 14.5. The predicted molar refractivity (Wildman–Crippen MR) is 253 cm³/mol. The Morgan fingerprint density at radius 2 is 0.621 bits per heavy atom. The first-order valence-electron chi connectivity index (χ1n) is 20.2. The Bertz CT molecular complexity index is 3020. The molecule has 0 saturated carbocycles. The molecule has 0 atom stereocenters. The van der Waals surface area contributed by atoms with Crippen LogP contribution in [-0.4, -0.2) is 16.1 Å². The Morgan fingerprint density at radius 3 is 0.966 bits per heavy atom. The molecule has 0 amide bonds. The van der Waals surface area contributed by atoms with Crippen molar-refractivity contribution < 1.29 is 8.78 Å².